The minimum atomic E-state index is -0.156. The molecule has 0 aromatic heterocycles. The number of halogens is 1. The van der Waals surface area contributed by atoms with Crippen molar-refractivity contribution in [1.82, 2.24) is 5.32 Å². The standard InChI is InChI=1S/C16H25FN2/c1-5-16(4)11-19(15(10-18-16)12(2)3)14-8-6-7-13(17)9-14/h6-9,12,15,18H,5,10-11H2,1-4H3. The van der Waals surface area contributed by atoms with Crippen LogP contribution in [0.4, 0.5) is 10.1 Å². The Morgan fingerprint density at radius 2 is 2.21 bits per heavy atom. The molecule has 0 bridgehead atoms. The van der Waals surface area contributed by atoms with Crippen LogP contribution in [0.15, 0.2) is 24.3 Å². The van der Waals surface area contributed by atoms with E-state index in [1.807, 2.05) is 6.07 Å². The van der Waals surface area contributed by atoms with Gasteiger partial charge >= 0.3 is 0 Å². The second-order valence-electron chi connectivity index (χ2n) is 6.21. The third kappa shape index (κ3) is 3.08. The summed E-state index contributed by atoms with van der Waals surface area (Å²) in [6, 6.07) is 7.39. The molecule has 0 spiro atoms. The summed E-state index contributed by atoms with van der Waals surface area (Å²) in [4.78, 5) is 2.37. The summed E-state index contributed by atoms with van der Waals surface area (Å²) < 4.78 is 13.5. The number of nitrogens with zero attached hydrogens (tertiary/aromatic N) is 1. The highest BCUT2D eigenvalue weighted by atomic mass is 19.1. The summed E-state index contributed by atoms with van der Waals surface area (Å²) in [7, 11) is 0. The number of nitrogens with one attached hydrogen (secondary N) is 1. The first-order valence-corrected chi connectivity index (χ1v) is 7.22. The Morgan fingerprint density at radius 3 is 2.79 bits per heavy atom. The van der Waals surface area contributed by atoms with Crippen molar-refractivity contribution in [1.29, 1.82) is 0 Å². The number of hydrogen-bond acceptors (Lipinski definition) is 2. The lowest BCUT2D eigenvalue weighted by molar-refractivity contribution is 0.253. The maximum absolute atomic E-state index is 13.5. The van der Waals surface area contributed by atoms with Crippen molar-refractivity contribution in [2.24, 2.45) is 5.92 Å². The lowest BCUT2D eigenvalue weighted by Gasteiger charge is -2.48. The number of rotatable bonds is 3. The smallest absolute Gasteiger partial charge is 0.125 e. The molecule has 1 saturated heterocycles. The molecule has 2 unspecified atom stereocenters. The van der Waals surface area contributed by atoms with Crippen LogP contribution in [-0.2, 0) is 0 Å². The molecule has 1 aromatic carbocycles. The van der Waals surface area contributed by atoms with Crippen molar-refractivity contribution in [2.45, 2.75) is 45.7 Å². The van der Waals surface area contributed by atoms with Crippen molar-refractivity contribution in [3.8, 4) is 0 Å². The van der Waals surface area contributed by atoms with E-state index < -0.39 is 0 Å². The van der Waals surface area contributed by atoms with E-state index in [-0.39, 0.29) is 11.4 Å². The minimum absolute atomic E-state index is 0.109. The van der Waals surface area contributed by atoms with Crippen LogP contribution < -0.4 is 10.2 Å². The van der Waals surface area contributed by atoms with E-state index in [9.17, 15) is 4.39 Å². The quantitative estimate of drug-likeness (QED) is 0.900. The molecule has 1 fully saturated rings. The van der Waals surface area contributed by atoms with Crippen molar-refractivity contribution >= 4 is 5.69 Å². The zero-order valence-electron chi connectivity index (χ0n) is 12.4. The van der Waals surface area contributed by atoms with Gasteiger partial charge < -0.3 is 10.2 Å². The highest BCUT2D eigenvalue weighted by molar-refractivity contribution is 5.49. The fraction of sp³-hybridized carbons (Fsp3) is 0.625. The Morgan fingerprint density at radius 1 is 1.47 bits per heavy atom. The molecule has 1 aromatic rings. The van der Waals surface area contributed by atoms with Crippen LogP contribution in [0.25, 0.3) is 0 Å². The molecule has 2 atom stereocenters. The highest BCUT2D eigenvalue weighted by Gasteiger charge is 2.35. The predicted octanol–water partition coefficient (Wildman–Crippen LogP) is 3.43. The topological polar surface area (TPSA) is 15.3 Å². The molecular formula is C16H25FN2. The third-order valence-corrected chi connectivity index (χ3v) is 4.35. The Balaban J connectivity index is 2.30. The fourth-order valence-electron chi connectivity index (χ4n) is 2.78. The SMILES string of the molecule is CCC1(C)CN(c2cccc(F)c2)C(C(C)C)CN1. The van der Waals surface area contributed by atoms with E-state index in [1.165, 1.54) is 6.07 Å². The van der Waals surface area contributed by atoms with Crippen LogP contribution in [-0.4, -0.2) is 24.7 Å². The number of piperazine rings is 1. The first-order chi connectivity index (χ1) is 8.95. The van der Waals surface area contributed by atoms with E-state index in [0.29, 0.717) is 12.0 Å². The molecule has 2 nitrogen and oxygen atoms in total. The summed E-state index contributed by atoms with van der Waals surface area (Å²) in [5.41, 5.74) is 1.11. The van der Waals surface area contributed by atoms with Gasteiger partial charge in [0, 0.05) is 30.4 Å². The average molecular weight is 264 g/mol. The van der Waals surface area contributed by atoms with Gasteiger partial charge in [0.05, 0.1) is 0 Å². The Kier molecular flexibility index (Phi) is 4.14. The molecule has 0 radical (unpaired) electrons. The summed E-state index contributed by atoms with van der Waals surface area (Å²) in [6.07, 6.45) is 1.07. The Hall–Kier alpha value is -1.09. The van der Waals surface area contributed by atoms with E-state index in [4.69, 9.17) is 0 Å². The van der Waals surface area contributed by atoms with Gasteiger partial charge in [0.15, 0.2) is 0 Å². The number of benzene rings is 1. The maximum Gasteiger partial charge on any atom is 0.125 e. The van der Waals surface area contributed by atoms with Crippen molar-refractivity contribution in [3.63, 3.8) is 0 Å². The zero-order valence-corrected chi connectivity index (χ0v) is 12.4. The number of anilines is 1. The molecule has 0 amide bonds. The van der Waals surface area contributed by atoms with E-state index in [0.717, 1.165) is 25.2 Å². The second-order valence-corrected chi connectivity index (χ2v) is 6.21. The minimum Gasteiger partial charge on any atom is -0.365 e. The molecule has 106 valence electrons. The third-order valence-electron chi connectivity index (χ3n) is 4.35. The first kappa shape index (κ1) is 14.3. The van der Waals surface area contributed by atoms with Gasteiger partial charge in [-0.3, -0.25) is 0 Å². The van der Waals surface area contributed by atoms with Crippen molar-refractivity contribution in [3.05, 3.63) is 30.1 Å². The second kappa shape index (κ2) is 5.49. The predicted molar refractivity (Wildman–Crippen MR) is 79.1 cm³/mol. The van der Waals surface area contributed by atoms with Crippen LogP contribution in [0.2, 0.25) is 0 Å². The summed E-state index contributed by atoms with van der Waals surface area (Å²) >= 11 is 0. The highest BCUT2D eigenvalue weighted by Crippen LogP contribution is 2.28. The molecule has 2 rings (SSSR count). The molecule has 19 heavy (non-hydrogen) atoms. The first-order valence-electron chi connectivity index (χ1n) is 7.22. The van der Waals surface area contributed by atoms with Crippen LogP contribution in [0, 0.1) is 11.7 Å². The van der Waals surface area contributed by atoms with Gasteiger partial charge in [-0.05, 0) is 37.5 Å². The lowest BCUT2D eigenvalue weighted by atomic mass is 9.89. The summed E-state index contributed by atoms with van der Waals surface area (Å²) in [5.74, 6) is 0.383. The van der Waals surface area contributed by atoms with Crippen molar-refractivity contribution in [2.75, 3.05) is 18.0 Å². The molecule has 1 aliphatic heterocycles. The van der Waals surface area contributed by atoms with E-state index >= 15 is 0 Å². The van der Waals surface area contributed by atoms with Crippen LogP contribution >= 0.6 is 0 Å². The van der Waals surface area contributed by atoms with Gasteiger partial charge in [-0.2, -0.15) is 0 Å². The lowest BCUT2D eigenvalue weighted by Crippen LogP contribution is -2.64. The molecular weight excluding hydrogens is 239 g/mol. The molecule has 0 saturated carbocycles. The summed E-state index contributed by atoms with van der Waals surface area (Å²) in [6.45, 7) is 10.8. The fourth-order valence-corrected chi connectivity index (χ4v) is 2.78. The van der Waals surface area contributed by atoms with Gasteiger partial charge in [-0.25, -0.2) is 4.39 Å². The largest absolute Gasteiger partial charge is 0.365 e. The Labute approximate surface area is 116 Å². The van der Waals surface area contributed by atoms with Crippen LogP contribution in [0.1, 0.15) is 34.1 Å². The molecule has 1 heterocycles. The van der Waals surface area contributed by atoms with Gasteiger partial charge in [0.2, 0.25) is 0 Å². The molecule has 0 aliphatic carbocycles. The average Bonchev–Trinajstić information content (AvgIpc) is 2.38. The van der Waals surface area contributed by atoms with Crippen molar-refractivity contribution < 1.29 is 4.39 Å². The molecule has 3 heteroatoms. The molecule has 1 aliphatic rings. The monoisotopic (exact) mass is 264 g/mol. The molecule has 1 N–H and O–H groups in total. The van der Waals surface area contributed by atoms with Gasteiger partial charge in [-0.1, -0.05) is 26.8 Å². The van der Waals surface area contributed by atoms with Gasteiger partial charge in [-0.15, -0.1) is 0 Å². The summed E-state index contributed by atoms with van der Waals surface area (Å²) in [5, 5.41) is 3.66. The number of hydrogen-bond donors (Lipinski definition) is 1. The van der Waals surface area contributed by atoms with Gasteiger partial charge in [0.1, 0.15) is 5.82 Å². The van der Waals surface area contributed by atoms with Crippen LogP contribution in [0.5, 0.6) is 0 Å². The zero-order chi connectivity index (χ0) is 14.0. The normalized spacial score (nSPS) is 27.9. The van der Waals surface area contributed by atoms with Gasteiger partial charge in [0.25, 0.3) is 0 Å². The maximum atomic E-state index is 13.5. The Bertz CT molecular complexity index is 433. The van der Waals surface area contributed by atoms with Crippen LogP contribution in [0.3, 0.4) is 0 Å². The van der Waals surface area contributed by atoms with E-state index in [2.05, 4.69) is 37.9 Å². The van der Waals surface area contributed by atoms with E-state index in [1.54, 1.807) is 12.1 Å².